The van der Waals surface area contributed by atoms with Crippen LogP contribution < -0.4 is 10.1 Å². The van der Waals surface area contributed by atoms with Gasteiger partial charge in [0.05, 0.1) is 19.0 Å². The third-order valence-corrected chi connectivity index (χ3v) is 3.06. The van der Waals surface area contributed by atoms with Crippen LogP contribution in [0, 0.1) is 11.3 Å². The van der Waals surface area contributed by atoms with E-state index in [-0.39, 0.29) is 5.91 Å². The number of nitriles is 1. The Bertz CT molecular complexity index is 456. The molecular weight excluding hydrogens is 322 g/mol. The van der Waals surface area contributed by atoms with Gasteiger partial charge in [0.25, 0.3) is 0 Å². The molecule has 0 radical (unpaired) electrons. The number of carbonyl (C=O) groups excluding carboxylic acids is 1. The second kappa shape index (κ2) is 9.34. The number of nitrogens with one attached hydrogen (secondary N) is 1. The van der Waals surface area contributed by atoms with E-state index >= 15 is 0 Å². The number of benzene rings is 1. The van der Waals surface area contributed by atoms with Gasteiger partial charge in [-0.1, -0.05) is 15.9 Å². The van der Waals surface area contributed by atoms with Crippen LogP contribution in [0.1, 0.15) is 6.42 Å². The molecule has 1 amide bonds. The number of likely N-dealkylation sites (N-methyl/N-ethyl adjacent to an activating group) is 1. The maximum atomic E-state index is 11.5. The van der Waals surface area contributed by atoms with Crippen molar-refractivity contribution in [2.24, 2.45) is 0 Å². The number of hydrogen-bond donors (Lipinski definition) is 1. The molecule has 0 bridgehead atoms. The Morgan fingerprint density at radius 2 is 2.15 bits per heavy atom. The van der Waals surface area contributed by atoms with Crippen molar-refractivity contribution < 1.29 is 9.53 Å². The van der Waals surface area contributed by atoms with Crippen molar-refractivity contribution in [1.29, 1.82) is 5.26 Å². The van der Waals surface area contributed by atoms with Gasteiger partial charge in [-0.3, -0.25) is 9.69 Å². The molecule has 0 spiro atoms. The van der Waals surface area contributed by atoms with Gasteiger partial charge in [0.15, 0.2) is 0 Å². The zero-order chi connectivity index (χ0) is 14.8. The second-order valence-electron chi connectivity index (χ2n) is 4.30. The lowest BCUT2D eigenvalue weighted by atomic mass is 10.3. The van der Waals surface area contributed by atoms with E-state index in [1.54, 1.807) is 0 Å². The summed E-state index contributed by atoms with van der Waals surface area (Å²) in [6, 6.07) is 9.59. The van der Waals surface area contributed by atoms with Crippen LogP contribution in [0.4, 0.5) is 0 Å². The first-order chi connectivity index (χ1) is 9.61. The largest absolute Gasteiger partial charge is 0.492 e. The van der Waals surface area contributed by atoms with Crippen molar-refractivity contribution >= 4 is 21.8 Å². The molecule has 1 N–H and O–H groups in total. The van der Waals surface area contributed by atoms with E-state index in [1.165, 1.54) is 0 Å². The number of halogens is 1. The Morgan fingerprint density at radius 1 is 1.45 bits per heavy atom. The van der Waals surface area contributed by atoms with Gasteiger partial charge < -0.3 is 10.1 Å². The molecule has 1 aromatic rings. The van der Waals surface area contributed by atoms with Crippen LogP contribution in [0.15, 0.2) is 28.7 Å². The highest BCUT2D eigenvalue weighted by atomic mass is 79.9. The number of nitrogens with zero attached hydrogens (tertiary/aromatic N) is 2. The van der Waals surface area contributed by atoms with Gasteiger partial charge >= 0.3 is 0 Å². The lowest BCUT2D eigenvalue weighted by Crippen LogP contribution is -2.37. The SMILES string of the molecule is CN(CCOc1ccc(Br)cc1)CC(=O)NCCC#N. The first-order valence-electron chi connectivity index (χ1n) is 6.32. The third kappa shape index (κ3) is 7.12. The predicted molar refractivity (Wildman–Crippen MR) is 80.4 cm³/mol. The molecule has 20 heavy (non-hydrogen) atoms. The quantitative estimate of drug-likeness (QED) is 0.733. The van der Waals surface area contributed by atoms with Crippen LogP contribution in [0.25, 0.3) is 0 Å². The van der Waals surface area contributed by atoms with Crippen molar-refractivity contribution in [3.8, 4) is 11.8 Å². The van der Waals surface area contributed by atoms with E-state index in [0.717, 1.165) is 10.2 Å². The van der Waals surface area contributed by atoms with Gasteiger partial charge in [-0.05, 0) is 31.3 Å². The molecule has 0 saturated heterocycles. The Balaban J connectivity index is 2.16. The number of hydrogen-bond acceptors (Lipinski definition) is 4. The van der Waals surface area contributed by atoms with Crippen LogP contribution in [0.5, 0.6) is 5.75 Å². The number of ether oxygens (including phenoxy) is 1. The van der Waals surface area contributed by atoms with Crippen molar-refractivity contribution in [2.45, 2.75) is 6.42 Å². The molecule has 0 fully saturated rings. The van der Waals surface area contributed by atoms with Gasteiger partial charge in [0.2, 0.25) is 5.91 Å². The minimum Gasteiger partial charge on any atom is -0.492 e. The summed E-state index contributed by atoms with van der Waals surface area (Å²) in [7, 11) is 1.86. The fourth-order valence-electron chi connectivity index (χ4n) is 1.49. The molecule has 0 unspecified atom stereocenters. The van der Waals surface area contributed by atoms with Crippen LogP contribution >= 0.6 is 15.9 Å². The topological polar surface area (TPSA) is 65.4 Å². The second-order valence-corrected chi connectivity index (χ2v) is 5.21. The van der Waals surface area contributed by atoms with Crippen LogP contribution in [-0.2, 0) is 4.79 Å². The molecule has 1 rings (SSSR count). The molecule has 0 aliphatic rings. The molecule has 5 nitrogen and oxygen atoms in total. The molecule has 0 saturated carbocycles. The summed E-state index contributed by atoms with van der Waals surface area (Å²) in [5.41, 5.74) is 0. The third-order valence-electron chi connectivity index (χ3n) is 2.53. The van der Waals surface area contributed by atoms with Gasteiger partial charge in [-0.25, -0.2) is 0 Å². The standard InChI is InChI=1S/C14H18BrN3O2/c1-18(11-14(19)17-8-2-7-16)9-10-20-13-5-3-12(15)4-6-13/h3-6H,2,8-11H2,1H3,(H,17,19). The smallest absolute Gasteiger partial charge is 0.234 e. The summed E-state index contributed by atoms with van der Waals surface area (Å²) in [5, 5.41) is 11.1. The van der Waals surface area contributed by atoms with Crippen molar-refractivity contribution in [3.63, 3.8) is 0 Å². The maximum Gasteiger partial charge on any atom is 0.234 e. The van der Waals surface area contributed by atoms with E-state index in [1.807, 2.05) is 42.3 Å². The van der Waals surface area contributed by atoms with E-state index < -0.39 is 0 Å². The highest BCUT2D eigenvalue weighted by molar-refractivity contribution is 9.10. The molecule has 108 valence electrons. The fraction of sp³-hybridized carbons (Fsp3) is 0.429. The van der Waals surface area contributed by atoms with E-state index in [0.29, 0.717) is 32.7 Å². The summed E-state index contributed by atoms with van der Waals surface area (Å²) < 4.78 is 6.58. The Hall–Kier alpha value is -1.58. The molecular formula is C14H18BrN3O2. The molecule has 1 aromatic carbocycles. The lowest BCUT2D eigenvalue weighted by Gasteiger charge is -2.16. The van der Waals surface area contributed by atoms with Gasteiger partial charge in [0, 0.05) is 17.6 Å². The normalized spacial score (nSPS) is 10.1. The summed E-state index contributed by atoms with van der Waals surface area (Å²) in [6.45, 7) is 1.87. The first kappa shape index (κ1) is 16.5. The predicted octanol–water partition coefficient (Wildman–Crippen LogP) is 1.79. The molecule has 6 heteroatoms. The van der Waals surface area contributed by atoms with Crippen molar-refractivity contribution in [1.82, 2.24) is 10.2 Å². The summed E-state index contributed by atoms with van der Waals surface area (Å²) in [4.78, 5) is 13.4. The van der Waals surface area contributed by atoms with Crippen LogP contribution in [0.2, 0.25) is 0 Å². The zero-order valence-corrected chi connectivity index (χ0v) is 13.0. The molecule has 0 heterocycles. The maximum absolute atomic E-state index is 11.5. The monoisotopic (exact) mass is 339 g/mol. The number of carbonyl (C=O) groups is 1. The fourth-order valence-corrected chi connectivity index (χ4v) is 1.75. The van der Waals surface area contributed by atoms with E-state index in [4.69, 9.17) is 10.00 Å². The molecule has 0 atom stereocenters. The summed E-state index contributed by atoms with van der Waals surface area (Å²) in [6.07, 6.45) is 0.335. The Morgan fingerprint density at radius 3 is 2.80 bits per heavy atom. The summed E-state index contributed by atoms with van der Waals surface area (Å²) in [5.74, 6) is 0.728. The molecule has 0 aliphatic heterocycles. The van der Waals surface area contributed by atoms with Gasteiger partial charge in [-0.2, -0.15) is 5.26 Å². The van der Waals surface area contributed by atoms with Crippen molar-refractivity contribution in [3.05, 3.63) is 28.7 Å². The van der Waals surface area contributed by atoms with Gasteiger partial charge in [0.1, 0.15) is 12.4 Å². The zero-order valence-electron chi connectivity index (χ0n) is 11.4. The average Bonchev–Trinajstić information content (AvgIpc) is 2.41. The minimum absolute atomic E-state index is 0.0774. The van der Waals surface area contributed by atoms with E-state index in [9.17, 15) is 4.79 Å². The highest BCUT2D eigenvalue weighted by Gasteiger charge is 2.05. The van der Waals surface area contributed by atoms with Crippen LogP contribution in [-0.4, -0.2) is 44.1 Å². The minimum atomic E-state index is -0.0774. The lowest BCUT2D eigenvalue weighted by molar-refractivity contribution is -0.121. The first-order valence-corrected chi connectivity index (χ1v) is 7.11. The number of rotatable bonds is 8. The molecule has 0 aliphatic carbocycles. The Kier molecular flexibility index (Phi) is 7.70. The average molecular weight is 340 g/mol. The summed E-state index contributed by atoms with van der Waals surface area (Å²) >= 11 is 3.36. The van der Waals surface area contributed by atoms with Gasteiger partial charge in [-0.15, -0.1) is 0 Å². The van der Waals surface area contributed by atoms with Crippen LogP contribution in [0.3, 0.4) is 0 Å². The highest BCUT2D eigenvalue weighted by Crippen LogP contribution is 2.15. The molecule has 0 aromatic heterocycles. The Labute approximate surface area is 127 Å². The van der Waals surface area contributed by atoms with Crippen molar-refractivity contribution in [2.75, 3.05) is 33.3 Å². The number of amides is 1. The van der Waals surface area contributed by atoms with E-state index in [2.05, 4.69) is 21.2 Å².